The average Bonchev–Trinajstić information content (AvgIpc) is 2.99. The fourth-order valence-electron chi connectivity index (χ4n) is 2.35. The highest BCUT2D eigenvalue weighted by atomic mass is 79.9. The van der Waals surface area contributed by atoms with Crippen molar-refractivity contribution in [2.75, 3.05) is 12.4 Å². The first-order valence-corrected chi connectivity index (χ1v) is 8.24. The second-order valence-corrected chi connectivity index (χ2v) is 6.33. The summed E-state index contributed by atoms with van der Waals surface area (Å²) in [5.41, 5.74) is 1.41. The Kier molecular flexibility index (Phi) is 4.75. The first kappa shape index (κ1) is 16.4. The molecular formula is C16H16BrN5O2. The van der Waals surface area contributed by atoms with Crippen LogP contribution in [0.5, 0.6) is 0 Å². The lowest BCUT2D eigenvalue weighted by Gasteiger charge is -2.19. The number of benzene rings is 1. The van der Waals surface area contributed by atoms with Crippen LogP contribution in [0.4, 0.5) is 5.82 Å². The van der Waals surface area contributed by atoms with Crippen LogP contribution in [0.15, 0.2) is 46.1 Å². The van der Waals surface area contributed by atoms with Gasteiger partial charge in [-0.05, 0) is 17.7 Å². The third-order valence-corrected chi connectivity index (χ3v) is 4.20. The van der Waals surface area contributed by atoms with E-state index in [2.05, 4.69) is 31.4 Å². The number of hydrogen-bond donors (Lipinski definition) is 1. The summed E-state index contributed by atoms with van der Waals surface area (Å²) in [5.74, 6) is 0.184. The van der Waals surface area contributed by atoms with Crippen LogP contribution in [0.2, 0.25) is 0 Å². The Labute approximate surface area is 147 Å². The van der Waals surface area contributed by atoms with E-state index < -0.39 is 0 Å². The van der Waals surface area contributed by atoms with E-state index in [9.17, 15) is 9.59 Å². The van der Waals surface area contributed by atoms with Gasteiger partial charge in [-0.2, -0.15) is 10.2 Å². The zero-order valence-electron chi connectivity index (χ0n) is 13.1. The molecule has 0 atom stereocenters. The molecule has 1 aliphatic rings. The number of hydrazone groups is 1. The lowest BCUT2D eigenvalue weighted by Crippen LogP contribution is -2.34. The number of hydrogen-bond acceptors (Lipinski definition) is 4. The van der Waals surface area contributed by atoms with E-state index in [1.54, 1.807) is 24.0 Å². The van der Waals surface area contributed by atoms with E-state index in [1.165, 1.54) is 5.01 Å². The molecule has 1 N–H and O–H groups in total. The lowest BCUT2D eigenvalue weighted by atomic mass is 10.1. The maximum atomic E-state index is 12.3. The van der Waals surface area contributed by atoms with Gasteiger partial charge in [-0.1, -0.05) is 28.1 Å². The Hall–Kier alpha value is -2.48. The Morgan fingerprint density at radius 1 is 1.25 bits per heavy atom. The van der Waals surface area contributed by atoms with Gasteiger partial charge in [0.25, 0.3) is 5.91 Å². The van der Waals surface area contributed by atoms with Gasteiger partial charge in [0.1, 0.15) is 11.5 Å². The van der Waals surface area contributed by atoms with Gasteiger partial charge in [-0.3, -0.25) is 9.59 Å². The van der Waals surface area contributed by atoms with Crippen molar-refractivity contribution < 1.29 is 9.59 Å². The highest BCUT2D eigenvalue weighted by Gasteiger charge is 2.22. The SMILES string of the molecule is CN1N=C(C(=O)Nc2ccnn2Cc2ccc(Br)cc2)CCC1=O. The van der Waals surface area contributed by atoms with E-state index in [0.29, 0.717) is 30.9 Å². The third-order valence-electron chi connectivity index (χ3n) is 3.67. The molecule has 124 valence electrons. The van der Waals surface area contributed by atoms with Crippen LogP contribution in [-0.2, 0) is 16.1 Å². The minimum atomic E-state index is -0.313. The summed E-state index contributed by atoms with van der Waals surface area (Å²) >= 11 is 3.40. The molecule has 0 spiro atoms. The number of nitrogens with zero attached hydrogens (tertiary/aromatic N) is 4. The number of nitrogens with one attached hydrogen (secondary N) is 1. The molecule has 0 bridgehead atoms. The summed E-state index contributed by atoms with van der Waals surface area (Å²) in [7, 11) is 1.55. The Morgan fingerprint density at radius 3 is 2.71 bits per heavy atom. The van der Waals surface area contributed by atoms with Gasteiger partial charge in [0, 0.05) is 30.4 Å². The second kappa shape index (κ2) is 6.96. The number of rotatable bonds is 4. The summed E-state index contributed by atoms with van der Waals surface area (Å²) in [6, 6.07) is 9.63. The minimum absolute atomic E-state index is 0.0909. The number of carbonyl (C=O) groups excluding carboxylic acids is 2. The van der Waals surface area contributed by atoms with Crippen LogP contribution in [0.25, 0.3) is 0 Å². The van der Waals surface area contributed by atoms with E-state index in [1.807, 2.05) is 24.3 Å². The Balaban J connectivity index is 1.71. The number of carbonyl (C=O) groups is 2. The van der Waals surface area contributed by atoms with Crippen LogP contribution in [-0.4, -0.2) is 39.4 Å². The van der Waals surface area contributed by atoms with Crippen LogP contribution in [0.3, 0.4) is 0 Å². The maximum absolute atomic E-state index is 12.3. The first-order valence-electron chi connectivity index (χ1n) is 7.44. The van der Waals surface area contributed by atoms with Gasteiger partial charge in [0.2, 0.25) is 5.91 Å². The normalized spacial score (nSPS) is 14.5. The summed E-state index contributed by atoms with van der Waals surface area (Å²) in [4.78, 5) is 23.8. The van der Waals surface area contributed by atoms with Crippen molar-refractivity contribution >= 4 is 39.3 Å². The summed E-state index contributed by atoms with van der Waals surface area (Å²) in [5, 5.41) is 12.3. The highest BCUT2D eigenvalue weighted by molar-refractivity contribution is 9.10. The van der Waals surface area contributed by atoms with Gasteiger partial charge in [0.05, 0.1) is 12.7 Å². The predicted molar refractivity (Wildman–Crippen MR) is 93.5 cm³/mol. The number of aromatic nitrogens is 2. The minimum Gasteiger partial charge on any atom is -0.306 e. The number of anilines is 1. The molecule has 2 heterocycles. The van der Waals surface area contributed by atoms with Crippen molar-refractivity contribution in [2.45, 2.75) is 19.4 Å². The van der Waals surface area contributed by atoms with Crippen molar-refractivity contribution in [3.63, 3.8) is 0 Å². The maximum Gasteiger partial charge on any atom is 0.273 e. The van der Waals surface area contributed by atoms with Gasteiger partial charge in [0.15, 0.2) is 0 Å². The molecule has 2 amide bonds. The quantitative estimate of drug-likeness (QED) is 0.870. The molecule has 0 fully saturated rings. The summed E-state index contributed by atoms with van der Waals surface area (Å²) in [6.07, 6.45) is 2.27. The van der Waals surface area contributed by atoms with Crippen molar-refractivity contribution in [2.24, 2.45) is 5.10 Å². The number of halogens is 1. The van der Waals surface area contributed by atoms with Gasteiger partial charge in [-0.25, -0.2) is 9.69 Å². The predicted octanol–water partition coefficient (Wildman–Crippen LogP) is 2.24. The van der Waals surface area contributed by atoms with Crippen LogP contribution in [0.1, 0.15) is 18.4 Å². The highest BCUT2D eigenvalue weighted by Crippen LogP contribution is 2.15. The summed E-state index contributed by atoms with van der Waals surface area (Å²) in [6.45, 7) is 0.542. The number of amides is 2. The first-order chi connectivity index (χ1) is 11.5. The Bertz CT molecular complexity index is 797. The molecule has 8 heteroatoms. The molecule has 3 rings (SSSR count). The van der Waals surface area contributed by atoms with Gasteiger partial charge < -0.3 is 5.32 Å². The van der Waals surface area contributed by atoms with Crippen molar-refractivity contribution in [1.82, 2.24) is 14.8 Å². The molecule has 1 aromatic heterocycles. The van der Waals surface area contributed by atoms with E-state index in [-0.39, 0.29) is 11.8 Å². The monoisotopic (exact) mass is 389 g/mol. The van der Waals surface area contributed by atoms with E-state index in [0.717, 1.165) is 10.0 Å². The largest absolute Gasteiger partial charge is 0.306 e. The van der Waals surface area contributed by atoms with Crippen molar-refractivity contribution in [3.05, 3.63) is 46.6 Å². The molecule has 7 nitrogen and oxygen atoms in total. The van der Waals surface area contributed by atoms with E-state index in [4.69, 9.17) is 0 Å². The lowest BCUT2D eigenvalue weighted by molar-refractivity contribution is -0.130. The molecule has 0 saturated heterocycles. The Morgan fingerprint density at radius 2 is 2.00 bits per heavy atom. The molecule has 2 aromatic rings. The zero-order chi connectivity index (χ0) is 17.1. The summed E-state index contributed by atoms with van der Waals surface area (Å²) < 4.78 is 2.72. The van der Waals surface area contributed by atoms with Crippen molar-refractivity contribution in [3.8, 4) is 0 Å². The molecule has 1 aromatic carbocycles. The second-order valence-electron chi connectivity index (χ2n) is 5.42. The van der Waals surface area contributed by atoms with E-state index >= 15 is 0 Å². The molecule has 24 heavy (non-hydrogen) atoms. The molecule has 0 radical (unpaired) electrons. The third kappa shape index (κ3) is 3.70. The molecule has 0 saturated carbocycles. The smallest absolute Gasteiger partial charge is 0.273 e. The molecular weight excluding hydrogens is 374 g/mol. The van der Waals surface area contributed by atoms with Gasteiger partial charge in [-0.15, -0.1) is 0 Å². The average molecular weight is 390 g/mol. The molecule has 0 aliphatic carbocycles. The van der Waals surface area contributed by atoms with Crippen LogP contribution < -0.4 is 5.32 Å². The molecule has 0 unspecified atom stereocenters. The standard InChI is InChI=1S/C16H16BrN5O2/c1-21-15(23)7-6-13(20-21)16(24)19-14-8-9-18-22(14)10-11-2-4-12(17)5-3-11/h2-5,8-9H,6-7,10H2,1H3,(H,19,24). The molecule has 1 aliphatic heterocycles. The van der Waals surface area contributed by atoms with Crippen LogP contribution in [0, 0.1) is 0 Å². The van der Waals surface area contributed by atoms with Crippen LogP contribution >= 0.6 is 15.9 Å². The fourth-order valence-corrected chi connectivity index (χ4v) is 2.61. The van der Waals surface area contributed by atoms with Crippen molar-refractivity contribution in [1.29, 1.82) is 0 Å². The fraction of sp³-hybridized carbons (Fsp3) is 0.250. The zero-order valence-corrected chi connectivity index (χ0v) is 14.7. The topological polar surface area (TPSA) is 79.6 Å². The van der Waals surface area contributed by atoms with Gasteiger partial charge >= 0.3 is 0 Å².